The molecular weight excluding hydrogens is 376 g/mol. The molecule has 0 aliphatic carbocycles. The van der Waals surface area contributed by atoms with Crippen molar-refractivity contribution in [2.24, 2.45) is 0 Å². The molecule has 0 atom stereocenters. The number of imide groups is 1. The van der Waals surface area contributed by atoms with Crippen LogP contribution < -0.4 is 10.2 Å². The van der Waals surface area contributed by atoms with Crippen molar-refractivity contribution in [3.05, 3.63) is 65.4 Å². The summed E-state index contributed by atoms with van der Waals surface area (Å²) in [6.07, 6.45) is 0. The highest BCUT2D eigenvalue weighted by Crippen LogP contribution is 2.31. The zero-order valence-corrected chi connectivity index (χ0v) is 17.8. The highest BCUT2D eigenvalue weighted by molar-refractivity contribution is 6.36. The van der Waals surface area contributed by atoms with Crippen LogP contribution in [0.3, 0.4) is 0 Å². The van der Waals surface area contributed by atoms with Crippen molar-refractivity contribution < 1.29 is 9.59 Å². The van der Waals surface area contributed by atoms with Crippen molar-refractivity contribution in [3.63, 3.8) is 0 Å². The van der Waals surface area contributed by atoms with Gasteiger partial charge in [-0.05, 0) is 50.7 Å². The summed E-state index contributed by atoms with van der Waals surface area (Å²) in [5.41, 5.74) is 4.61. The Morgan fingerprint density at radius 1 is 0.867 bits per heavy atom. The van der Waals surface area contributed by atoms with Gasteiger partial charge in [0.25, 0.3) is 11.8 Å². The minimum Gasteiger partial charge on any atom is -0.369 e. The predicted octanol–water partition coefficient (Wildman–Crippen LogP) is 2.96. The lowest BCUT2D eigenvalue weighted by molar-refractivity contribution is -0.136. The number of anilines is 2. The fourth-order valence-corrected chi connectivity index (χ4v) is 3.93. The molecular formula is C24H28N4O2. The van der Waals surface area contributed by atoms with Crippen LogP contribution in [0.2, 0.25) is 0 Å². The van der Waals surface area contributed by atoms with Crippen molar-refractivity contribution in [3.8, 4) is 0 Å². The van der Waals surface area contributed by atoms with Crippen LogP contribution in [-0.4, -0.2) is 61.4 Å². The minimum absolute atomic E-state index is 0.247. The second-order valence-corrected chi connectivity index (χ2v) is 7.93. The van der Waals surface area contributed by atoms with Gasteiger partial charge in [0, 0.05) is 44.1 Å². The number of carbonyl (C=O) groups excluding carboxylic acids is 2. The third kappa shape index (κ3) is 3.83. The Labute approximate surface area is 177 Å². The van der Waals surface area contributed by atoms with Crippen molar-refractivity contribution >= 4 is 28.8 Å². The van der Waals surface area contributed by atoms with Crippen LogP contribution in [0.15, 0.2) is 54.2 Å². The molecule has 0 radical (unpaired) electrons. The van der Waals surface area contributed by atoms with Gasteiger partial charge in [0.2, 0.25) is 0 Å². The van der Waals surface area contributed by atoms with E-state index in [1.54, 1.807) is 0 Å². The Kier molecular flexibility index (Phi) is 5.59. The molecule has 1 fully saturated rings. The molecule has 2 aromatic rings. The zero-order chi connectivity index (χ0) is 21.3. The van der Waals surface area contributed by atoms with Gasteiger partial charge in [0.1, 0.15) is 5.70 Å². The van der Waals surface area contributed by atoms with Gasteiger partial charge in [-0.2, -0.15) is 0 Å². The SMILES string of the molecule is CCN1C(=O)C(Nc2ccc(N3CCN(C)CC3)cc2)=C(c2ccc(C)cc2)C1=O. The molecule has 2 aromatic carbocycles. The Morgan fingerprint density at radius 3 is 2.10 bits per heavy atom. The summed E-state index contributed by atoms with van der Waals surface area (Å²) in [6.45, 7) is 8.28. The predicted molar refractivity (Wildman–Crippen MR) is 120 cm³/mol. The third-order valence-corrected chi connectivity index (χ3v) is 5.83. The van der Waals surface area contributed by atoms with Crippen molar-refractivity contribution in [1.29, 1.82) is 0 Å². The molecule has 0 bridgehead atoms. The molecule has 0 spiro atoms. The fourth-order valence-electron chi connectivity index (χ4n) is 3.93. The van der Waals surface area contributed by atoms with Gasteiger partial charge in [-0.3, -0.25) is 14.5 Å². The molecule has 1 N–H and O–H groups in total. The van der Waals surface area contributed by atoms with Gasteiger partial charge in [0.15, 0.2) is 0 Å². The minimum atomic E-state index is -0.277. The Bertz CT molecular complexity index is 971. The van der Waals surface area contributed by atoms with E-state index in [1.165, 1.54) is 10.6 Å². The number of likely N-dealkylation sites (N-methyl/N-ethyl adjacent to an activating group) is 2. The van der Waals surface area contributed by atoms with Crippen molar-refractivity contribution in [2.75, 3.05) is 50.0 Å². The van der Waals surface area contributed by atoms with E-state index >= 15 is 0 Å². The van der Waals surface area contributed by atoms with Crippen LogP contribution >= 0.6 is 0 Å². The topological polar surface area (TPSA) is 55.9 Å². The number of amides is 2. The van der Waals surface area contributed by atoms with Gasteiger partial charge in [-0.1, -0.05) is 29.8 Å². The number of hydrogen-bond acceptors (Lipinski definition) is 5. The van der Waals surface area contributed by atoms with Crippen LogP contribution in [0.25, 0.3) is 5.57 Å². The summed E-state index contributed by atoms with van der Waals surface area (Å²) >= 11 is 0. The van der Waals surface area contributed by atoms with Crippen molar-refractivity contribution in [1.82, 2.24) is 9.80 Å². The Morgan fingerprint density at radius 2 is 1.50 bits per heavy atom. The van der Waals surface area contributed by atoms with E-state index in [-0.39, 0.29) is 11.8 Å². The van der Waals surface area contributed by atoms with Crippen LogP contribution in [-0.2, 0) is 9.59 Å². The maximum atomic E-state index is 12.9. The van der Waals surface area contributed by atoms with Crippen LogP contribution in [0, 0.1) is 6.92 Å². The molecule has 0 unspecified atom stereocenters. The van der Waals surface area contributed by atoms with Gasteiger partial charge >= 0.3 is 0 Å². The molecule has 6 heteroatoms. The quantitative estimate of drug-likeness (QED) is 0.777. The van der Waals surface area contributed by atoms with E-state index in [9.17, 15) is 9.59 Å². The molecule has 2 aliphatic heterocycles. The van der Waals surface area contributed by atoms with Gasteiger partial charge < -0.3 is 15.1 Å². The highest BCUT2D eigenvalue weighted by Gasteiger charge is 2.38. The van der Waals surface area contributed by atoms with Crippen LogP contribution in [0.1, 0.15) is 18.1 Å². The average Bonchev–Trinajstić information content (AvgIpc) is 2.99. The molecule has 30 heavy (non-hydrogen) atoms. The second-order valence-electron chi connectivity index (χ2n) is 7.93. The standard InChI is InChI=1S/C24H28N4O2/c1-4-28-23(29)21(18-7-5-17(2)6-8-18)22(24(28)30)25-19-9-11-20(12-10-19)27-15-13-26(3)14-16-27/h5-12,25H,4,13-16H2,1-3H3. The van der Waals surface area contributed by atoms with Crippen molar-refractivity contribution in [2.45, 2.75) is 13.8 Å². The number of piperazine rings is 1. The van der Waals surface area contributed by atoms with Gasteiger partial charge in [-0.15, -0.1) is 0 Å². The summed E-state index contributed by atoms with van der Waals surface area (Å²) in [7, 11) is 2.14. The molecule has 6 nitrogen and oxygen atoms in total. The van der Waals surface area contributed by atoms with Gasteiger partial charge in [-0.25, -0.2) is 0 Å². The smallest absolute Gasteiger partial charge is 0.278 e. The van der Waals surface area contributed by atoms with Gasteiger partial charge in [0.05, 0.1) is 5.57 Å². The zero-order valence-electron chi connectivity index (χ0n) is 17.8. The average molecular weight is 405 g/mol. The summed E-state index contributed by atoms with van der Waals surface area (Å²) in [5, 5.41) is 3.23. The molecule has 1 saturated heterocycles. The number of benzene rings is 2. The highest BCUT2D eigenvalue weighted by atomic mass is 16.2. The molecule has 0 aromatic heterocycles. The summed E-state index contributed by atoms with van der Waals surface area (Å²) in [6, 6.07) is 15.8. The monoisotopic (exact) mass is 404 g/mol. The maximum Gasteiger partial charge on any atom is 0.278 e. The number of aryl methyl sites for hydroxylation is 1. The lowest BCUT2D eigenvalue weighted by atomic mass is 10.0. The first-order valence-corrected chi connectivity index (χ1v) is 10.5. The Hall–Kier alpha value is -3.12. The fraction of sp³-hybridized carbons (Fsp3) is 0.333. The van der Waals surface area contributed by atoms with E-state index < -0.39 is 0 Å². The van der Waals surface area contributed by atoms with E-state index in [1.807, 2.05) is 50.2 Å². The number of carbonyl (C=O) groups is 2. The number of rotatable bonds is 5. The Balaban J connectivity index is 1.61. The molecule has 2 heterocycles. The molecule has 0 saturated carbocycles. The maximum absolute atomic E-state index is 12.9. The largest absolute Gasteiger partial charge is 0.369 e. The first-order valence-electron chi connectivity index (χ1n) is 10.5. The van der Waals surface area contributed by atoms with E-state index in [0.717, 1.165) is 43.0 Å². The molecule has 2 aliphatic rings. The lowest BCUT2D eigenvalue weighted by Crippen LogP contribution is -2.44. The third-order valence-electron chi connectivity index (χ3n) is 5.83. The number of nitrogens with zero attached hydrogens (tertiary/aromatic N) is 3. The summed E-state index contributed by atoms with van der Waals surface area (Å²) in [5.74, 6) is -0.524. The second kappa shape index (κ2) is 8.32. The molecule has 156 valence electrons. The number of hydrogen-bond donors (Lipinski definition) is 1. The van der Waals surface area contributed by atoms with E-state index in [0.29, 0.717) is 17.8 Å². The number of nitrogens with one attached hydrogen (secondary N) is 1. The molecule has 4 rings (SSSR count). The van der Waals surface area contributed by atoms with Crippen LogP contribution in [0.4, 0.5) is 11.4 Å². The van der Waals surface area contributed by atoms with E-state index in [4.69, 9.17) is 0 Å². The normalized spacial score (nSPS) is 17.8. The van der Waals surface area contributed by atoms with E-state index in [2.05, 4.69) is 34.3 Å². The lowest BCUT2D eigenvalue weighted by Gasteiger charge is -2.34. The summed E-state index contributed by atoms with van der Waals surface area (Å²) < 4.78 is 0. The molecule has 2 amide bonds. The first kappa shape index (κ1) is 20.2. The van der Waals surface area contributed by atoms with Crippen LogP contribution in [0.5, 0.6) is 0 Å². The first-order chi connectivity index (χ1) is 14.5. The summed E-state index contributed by atoms with van der Waals surface area (Å²) in [4.78, 5) is 31.8.